The van der Waals surface area contributed by atoms with Crippen LogP contribution in [0.2, 0.25) is 0 Å². The second kappa shape index (κ2) is 3.98. The average Bonchev–Trinajstić information content (AvgIpc) is 2.38. The summed E-state index contributed by atoms with van der Waals surface area (Å²) in [6, 6.07) is 18.1. The van der Waals surface area contributed by atoms with Gasteiger partial charge in [0.15, 0.2) is 0 Å². The zero-order valence-electron chi connectivity index (χ0n) is 10.6. The van der Waals surface area contributed by atoms with Gasteiger partial charge < -0.3 is 4.74 Å². The Labute approximate surface area is 107 Å². The van der Waals surface area contributed by atoms with Crippen molar-refractivity contribution in [1.29, 1.82) is 0 Å². The molecule has 2 aromatic rings. The van der Waals surface area contributed by atoms with Crippen molar-refractivity contribution in [3.63, 3.8) is 0 Å². The van der Waals surface area contributed by atoms with Crippen LogP contribution < -0.4 is 4.74 Å². The molecule has 0 aromatic heterocycles. The van der Waals surface area contributed by atoms with Gasteiger partial charge in [0.25, 0.3) is 0 Å². The van der Waals surface area contributed by atoms with Gasteiger partial charge in [-0.3, -0.25) is 0 Å². The van der Waals surface area contributed by atoms with Gasteiger partial charge in [0.2, 0.25) is 0 Å². The van der Waals surface area contributed by atoms with Crippen molar-refractivity contribution in [1.82, 2.24) is 0 Å². The van der Waals surface area contributed by atoms with Crippen LogP contribution in [0.25, 0.3) is 0 Å². The van der Waals surface area contributed by atoms with Gasteiger partial charge in [0, 0.05) is 5.56 Å². The molecule has 0 saturated carbocycles. The van der Waals surface area contributed by atoms with Crippen molar-refractivity contribution in [3.8, 4) is 5.75 Å². The number of rotatable bonds is 1. The summed E-state index contributed by atoms with van der Waals surface area (Å²) >= 11 is 0. The van der Waals surface area contributed by atoms with E-state index in [1.54, 1.807) is 0 Å². The van der Waals surface area contributed by atoms with Crippen molar-refractivity contribution < 1.29 is 4.74 Å². The number of nitrogens with zero attached hydrogens (tertiary/aromatic N) is 1. The maximum Gasteiger partial charge on any atom is 0.146 e. The molecule has 90 valence electrons. The number of fused-ring (bicyclic) bond motifs is 1. The number of ether oxygens (including phenoxy) is 1. The van der Waals surface area contributed by atoms with Gasteiger partial charge >= 0.3 is 0 Å². The predicted molar refractivity (Wildman–Crippen MR) is 73.8 cm³/mol. The molecule has 0 radical (unpaired) electrons. The quantitative estimate of drug-likeness (QED) is 0.735. The molecule has 0 atom stereocenters. The third-order valence-corrected chi connectivity index (χ3v) is 3.08. The highest BCUT2D eigenvalue weighted by atomic mass is 16.5. The van der Waals surface area contributed by atoms with Crippen molar-refractivity contribution in [3.05, 3.63) is 60.2 Å². The summed E-state index contributed by atoms with van der Waals surface area (Å²) in [6.45, 7) is 4.10. The van der Waals surface area contributed by atoms with Gasteiger partial charge in [-0.2, -0.15) is 0 Å². The van der Waals surface area contributed by atoms with Crippen LogP contribution in [0.5, 0.6) is 5.75 Å². The van der Waals surface area contributed by atoms with Gasteiger partial charge in [0.1, 0.15) is 17.0 Å². The second-order valence-corrected chi connectivity index (χ2v) is 4.91. The molecule has 0 spiro atoms. The number of hydrogen-bond donors (Lipinski definition) is 0. The lowest BCUT2D eigenvalue weighted by atomic mass is 9.94. The Kier molecular flexibility index (Phi) is 2.44. The summed E-state index contributed by atoms with van der Waals surface area (Å²) in [7, 11) is 0. The fourth-order valence-corrected chi connectivity index (χ4v) is 2.22. The minimum absolute atomic E-state index is 0.407. The SMILES string of the molecule is CC1(C)Oc2ccccc2N=C1c1ccccc1. The largest absolute Gasteiger partial charge is 0.479 e. The fourth-order valence-electron chi connectivity index (χ4n) is 2.22. The first-order chi connectivity index (χ1) is 8.67. The average molecular weight is 237 g/mol. The summed E-state index contributed by atoms with van der Waals surface area (Å²) < 4.78 is 6.06. The van der Waals surface area contributed by atoms with Crippen molar-refractivity contribution in [2.75, 3.05) is 0 Å². The van der Waals surface area contributed by atoms with Crippen LogP contribution >= 0.6 is 0 Å². The molecule has 1 heterocycles. The van der Waals surface area contributed by atoms with Crippen molar-refractivity contribution in [2.24, 2.45) is 4.99 Å². The van der Waals surface area contributed by atoms with Crippen LogP contribution in [0.4, 0.5) is 5.69 Å². The lowest BCUT2D eigenvalue weighted by molar-refractivity contribution is 0.179. The van der Waals surface area contributed by atoms with Crippen LogP contribution in [0.3, 0.4) is 0 Å². The zero-order valence-corrected chi connectivity index (χ0v) is 10.6. The predicted octanol–water partition coefficient (Wildman–Crippen LogP) is 3.98. The van der Waals surface area contributed by atoms with Gasteiger partial charge in [-0.25, -0.2) is 4.99 Å². The van der Waals surface area contributed by atoms with Gasteiger partial charge in [0.05, 0.1) is 5.71 Å². The first-order valence-corrected chi connectivity index (χ1v) is 6.09. The third kappa shape index (κ3) is 1.80. The van der Waals surface area contributed by atoms with E-state index in [2.05, 4.69) is 26.0 Å². The molecule has 0 N–H and O–H groups in total. The van der Waals surface area contributed by atoms with E-state index in [0.717, 1.165) is 22.7 Å². The van der Waals surface area contributed by atoms with Gasteiger partial charge in [-0.1, -0.05) is 42.5 Å². The zero-order chi connectivity index (χ0) is 12.6. The molecule has 3 rings (SSSR count). The minimum Gasteiger partial charge on any atom is -0.479 e. The summed E-state index contributed by atoms with van der Waals surface area (Å²) in [5.41, 5.74) is 2.57. The molecule has 0 bridgehead atoms. The van der Waals surface area contributed by atoms with Crippen LogP contribution in [-0.2, 0) is 0 Å². The Morgan fingerprint density at radius 3 is 2.33 bits per heavy atom. The van der Waals surface area contributed by atoms with E-state index < -0.39 is 5.60 Å². The molecular formula is C16H15NO. The normalized spacial score (nSPS) is 16.4. The van der Waals surface area contributed by atoms with Crippen LogP contribution in [0.15, 0.2) is 59.6 Å². The Hall–Kier alpha value is -2.09. The fraction of sp³-hybridized carbons (Fsp3) is 0.188. The number of hydrogen-bond acceptors (Lipinski definition) is 2. The van der Waals surface area contributed by atoms with E-state index in [9.17, 15) is 0 Å². The molecule has 0 fully saturated rings. The molecule has 0 aliphatic carbocycles. The minimum atomic E-state index is -0.407. The first kappa shape index (κ1) is 11.0. The van der Waals surface area contributed by atoms with E-state index in [1.165, 1.54) is 0 Å². The van der Waals surface area contributed by atoms with E-state index in [4.69, 9.17) is 9.73 Å². The first-order valence-electron chi connectivity index (χ1n) is 6.09. The topological polar surface area (TPSA) is 21.6 Å². The monoisotopic (exact) mass is 237 g/mol. The van der Waals surface area contributed by atoms with Gasteiger partial charge in [-0.05, 0) is 26.0 Å². The maximum absolute atomic E-state index is 6.06. The van der Waals surface area contributed by atoms with E-state index in [-0.39, 0.29) is 0 Å². The molecule has 0 unspecified atom stereocenters. The lowest BCUT2D eigenvalue weighted by Gasteiger charge is -2.32. The highest BCUT2D eigenvalue weighted by Gasteiger charge is 2.32. The van der Waals surface area contributed by atoms with E-state index in [1.807, 2.05) is 42.5 Å². The summed E-state index contributed by atoms with van der Waals surface area (Å²) in [6.07, 6.45) is 0. The van der Waals surface area contributed by atoms with Crippen molar-refractivity contribution >= 4 is 11.4 Å². The number of para-hydroxylation sites is 2. The number of benzene rings is 2. The molecule has 2 heteroatoms. The molecule has 1 aliphatic rings. The van der Waals surface area contributed by atoms with Crippen LogP contribution in [0, 0.1) is 0 Å². The molecule has 0 amide bonds. The van der Waals surface area contributed by atoms with E-state index >= 15 is 0 Å². The van der Waals surface area contributed by atoms with Crippen LogP contribution in [0.1, 0.15) is 19.4 Å². The molecule has 0 saturated heterocycles. The van der Waals surface area contributed by atoms with Crippen LogP contribution in [-0.4, -0.2) is 11.3 Å². The number of aliphatic imine (C=N–C) groups is 1. The highest BCUT2D eigenvalue weighted by Crippen LogP contribution is 2.37. The Morgan fingerprint density at radius 1 is 0.889 bits per heavy atom. The molecule has 2 aromatic carbocycles. The smallest absolute Gasteiger partial charge is 0.146 e. The Morgan fingerprint density at radius 2 is 1.56 bits per heavy atom. The standard InChI is InChI=1S/C16H15NO/c1-16(2)15(12-8-4-3-5-9-12)17-13-10-6-7-11-14(13)18-16/h3-11H,1-2H3. The summed E-state index contributed by atoms with van der Waals surface area (Å²) in [5.74, 6) is 0.849. The highest BCUT2D eigenvalue weighted by molar-refractivity contribution is 6.08. The van der Waals surface area contributed by atoms with Gasteiger partial charge in [-0.15, -0.1) is 0 Å². The summed E-state index contributed by atoms with van der Waals surface area (Å²) in [5, 5.41) is 0. The third-order valence-electron chi connectivity index (χ3n) is 3.08. The molecule has 2 nitrogen and oxygen atoms in total. The maximum atomic E-state index is 6.06. The lowest BCUT2D eigenvalue weighted by Crippen LogP contribution is -2.40. The second-order valence-electron chi connectivity index (χ2n) is 4.91. The van der Waals surface area contributed by atoms with E-state index in [0.29, 0.717) is 0 Å². The Bertz CT molecular complexity index is 600. The van der Waals surface area contributed by atoms with Crippen molar-refractivity contribution in [2.45, 2.75) is 19.4 Å². The molecular weight excluding hydrogens is 222 g/mol. The molecule has 18 heavy (non-hydrogen) atoms. The summed E-state index contributed by atoms with van der Waals surface area (Å²) in [4.78, 5) is 4.76. The Balaban J connectivity index is 2.16. The molecule has 1 aliphatic heterocycles.